The first-order valence-corrected chi connectivity index (χ1v) is 12.2. The van der Waals surface area contributed by atoms with Crippen molar-refractivity contribution < 1.29 is 28.5 Å². The molecule has 1 saturated carbocycles. The summed E-state index contributed by atoms with van der Waals surface area (Å²) >= 11 is 0. The number of nitrogens with one attached hydrogen (secondary N) is 1. The van der Waals surface area contributed by atoms with Crippen molar-refractivity contribution in [3.05, 3.63) is 48.4 Å². The summed E-state index contributed by atoms with van der Waals surface area (Å²) in [5.74, 6) is 2.50. The Balaban J connectivity index is 1.16. The van der Waals surface area contributed by atoms with Gasteiger partial charge >= 0.3 is 0 Å². The average Bonchev–Trinajstić information content (AvgIpc) is 3.67. The minimum absolute atomic E-state index is 0.215. The zero-order valence-corrected chi connectivity index (χ0v) is 20.9. The Morgan fingerprint density at radius 2 is 1.87 bits per heavy atom. The Hall–Kier alpha value is -4.45. The Morgan fingerprint density at radius 1 is 1.05 bits per heavy atom. The first kappa shape index (κ1) is 23.9. The molecule has 4 aromatic rings. The molecule has 0 radical (unpaired) electrons. The van der Waals surface area contributed by atoms with Gasteiger partial charge in [0.2, 0.25) is 5.88 Å². The van der Waals surface area contributed by atoms with Gasteiger partial charge < -0.3 is 29.0 Å². The second-order valence-electron chi connectivity index (χ2n) is 9.11. The molecule has 6 rings (SSSR count). The van der Waals surface area contributed by atoms with E-state index in [0.717, 1.165) is 18.2 Å². The van der Waals surface area contributed by atoms with E-state index in [1.54, 1.807) is 61.6 Å². The van der Waals surface area contributed by atoms with E-state index in [-0.39, 0.29) is 17.4 Å². The largest absolute Gasteiger partial charge is 0.493 e. The number of methoxy groups -OCH3 is 2. The molecule has 0 spiro atoms. The van der Waals surface area contributed by atoms with E-state index in [9.17, 15) is 4.79 Å². The highest BCUT2D eigenvalue weighted by atomic mass is 16.5. The van der Waals surface area contributed by atoms with Gasteiger partial charge in [-0.3, -0.25) is 14.5 Å². The number of rotatable bonds is 10. The Morgan fingerprint density at radius 3 is 2.55 bits per heavy atom. The van der Waals surface area contributed by atoms with Gasteiger partial charge in [-0.15, -0.1) is 10.2 Å². The molecule has 1 N–H and O–H groups in total. The number of carbonyl (C=O) groups is 1. The Labute approximate surface area is 217 Å². The first-order valence-electron chi connectivity index (χ1n) is 12.2. The summed E-state index contributed by atoms with van der Waals surface area (Å²) in [4.78, 5) is 17.4. The lowest BCUT2D eigenvalue weighted by atomic mass is 10.1. The molecule has 1 amide bonds. The summed E-state index contributed by atoms with van der Waals surface area (Å²) in [6.07, 6.45) is 5.50. The second-order valence-corrected chi connectivity index (χ2v) is 9.11. The van der Waals surface area contributed by atoms with Crippen molar-refractivity contribution in [3.63, 3.8) is 0 Å². The summed E-state index contributed by atoms with van der Waals surface area (Å²) in [5, 5.41) is 16.2. The first-order chi connectivity index (χ1) is 18.6. The molecule has 4 heterocycles. The van der Waals surface area contributed by atoms with Crippen LogP contribution in [-0.4, -0.2) is 64.9 Å². The maximum atomic E-state index is 13.0. The monoisotopic (exact) mass is 518 g/mol. The summed E-state index contributed by atoms with van der Waals surface area (Å²) in [7, 11) is 3.13. The average molecular weight is 519 g/mol. The fourth-order valence-electron chi connectivity index (χ4n) is 4.02. The number of ether oxygens (including phenoxy) is 5. The predicted octanol–water partition coefficient (Wildman–Crippen LogP) is 3.64. The van der Waals surface area contributed by atoms with Crippen LogP contribution in [0.2, 0.25) is 0 Å². The normalized spacial score (nSPS) is 15.1. The fraction of sp³-hybridized carbons (Fsp3) is 0.346. The van der Waals surface area contributed by atoms with Gasteiger partial charge in [-0.2, -0.15) is 5.10 Å². The molecule has 12 heteroatoms. The second kappa shape index (κ2) is 10.1. The summed E-state index contributed by atoms with van der Waals surface area (Å²) in [5.41, 5.74) is 0.886. The molecule has 0 unspecified atom stereocenters. The number of amides is 1. The van der Waals surface area contributed by atoms with E-state index in [1.807, 2.05) is 0 Å². The van der Waals surface area contributed by atoms with E-state index in [4.69, 9.17) is 23.7 Å². The number of aromatic nitrogens is 5. The van der Waals surface area contributed by atoms with E-state index >= 15 is 0 Å². The molecule has 1 aliphatic carbocycles. The minimum Gasteiger partial charge on any atom is -0.493 e. The van der Waals surface area contributed by atoms with Crippen LogP contribution in [0.25, 0.3) is 10.9 Å². The molecule has 1 saturated heterocycles. The minimum atomic E-state index is -0.423. The smallest absolute Gasteiger partial charge is 0.281 e. The number of nitrogens with zero attached hydrogens (tertiary/aromatic N) is 5. The molecule has 3 aromatic heterocycles. The van der Waals surface area contributed by atoms with Crippen molar-refractivity contribution in [2.24, 2.45) is 5.92 Å². The molecule has 1 aliphatic heterocycles. The zero-order valence-electron chi connectivity index (χ0n) is 20.9. The maximum Gasteiger partial charge on any atom is 0.281 e. The van der Waals surface area contributed by atoms with Crippen molar-refractivity contribution in [2.75, 3.05) is 39.4 Å². The van der Waals surface area contributed by atoms with E-state index in [1.165, 1.54) is 0 Å². The van der Waals surface area contributed by atoms with Gasteiger partial charge in [0, 0.05) is 29.6 Å². The molecule has 196 valence electrons. The molecule has 1 aromatic carbocycles. The molecular weight excluding hydrogens is 492 g/mol. The van der Waals surface area contributed by atoms with Crippen LogP contribution in [0.1, 0.15) is 29.4 Å². The van der Waals surface area contributed by atoms with Gasteiger partial charge in [0.1, 0.15) is 5.75 Å². The molecule has 2 aliphatic rings. The third-order valence-electron chi connectivity index (χ3n) is 6.32. The van der Waals surface area contributed by atoms with Crippen molar-refractivity contribution in [2.45, 2.75) is 18.9 Å². The summed E-state index contributed by atoms with van der Waals surface area (Å²) in [6, 6.07) is 8.82. The maximum absolute atomic E-state index is 13.0. The number of hydrogen-bond acceptors (Lipinski definition) is 10. The van der Waals surface area contributed by atoms with Crippen LogP contribution in [0.3, 0.4) is 0 Å². The lowest BCUT2D eigenvalue weighted by molar-refractivity contribution is -0.0509. The molecule has 0 atom stereocenters. The molecule has 0 bridgehead atoms. The summed E-state index contributed by atoms with van der Waals surface area (Å²) < 4.78 is 29.6. The number of hydrogen-bond donors (Lipinski definition) is 1. The standard InChI is InChI=1S/C26H26N6O6/c1-34-20-9-17-18(10-21(20)35-2)27-8-7-19(17)38-24-6-5-23(29-30-24)28-26(33)25-22(37-14-15-12-36-13-15)11-32(31-25)16-3-4-16/h5-11,15-16H,3-4,12-14H2,1-2H3,(H,28,29,33). The lowest BCUT2D eigenvalue weighted by Gasteiger charge is -2.25. The van der Waals surface area contributed by atoms with Gasteiger partial charge in [0.15, 0.2) is 28.8 Å². The zero-order chi connectivity index (χ0) is 26.1. The van der Waals surface area contributed by atoms with Crippen molar-refractivity contribution in [3.8, 4) is 28.9 Å². The number of pyridine rings is 1. The molecule has 12 nitrogen and oxygen atoms in total. The van der Waals surface area contributed by atoms with Crippen LogP contribution in [0.15, 0.2) is 42.7 Å². The van der Waals surface area contributed by atoms with Gasteiger partial charge in [-0.05, 0) is 31.0 Å². The predicted molar refractivity (Wildman–Crippen MR) is 135 cm³/mol. The van der Waals surface area contributed by atoms with Crippen molar-refractivity contribution in [1.82, 2.24) is 25.0 Å². The highest BCUT2D eigenvalue weighted by molar-refractivity contribution is 6.04. The number of carbonyl (C=O) groups excluding carboxylic acids is 1. The highest BCUT2D eigenvalue weighted by Crippen LogP contribution is 2.37. The highest BCUT2D eigenvalue weighted by Gasteiger charge is 2.29. The van der Waals surface area contributed by atoms with E-state index in [0.29, 0.717) is 60.3 Å². The third-order valence-corrected chi connectivity index (χ3v) is 6.32. The van der Waals surface area contributed by atoms with Crippen LogP contribution < -0.4 is 24.3 Å². The SMILES string of the molecule is COc1cc2nccc(Oc3ccc(NC(=O)c4nn(C5CC5)cc4OCC4COC4)nn3)c2cc1OC. The van der Waals surface area contributed by atoms with Crippen LogP contribution in [0, 0.1) is 5.92 Å². The lowest BCUT2D eigenvalue weighted by Crippen LogP contribution is -2.32. The van der Waals surface area contributed by atoms with Crippen LogP contribution in [0.5, 0.6) is 28.9 Å². The number of anilines is 1. The fourth-order valence-corrected chi connectivity index (χ4v) is 4.02. The topological polar surface area (TPSA) is 132 Å². The van der Waals surface area contributed by atoms with Crippen LogP contribution in [0.4, 0.5) is 5.82 Å². The Kier molecular flexibility index (Phi) is 6.38. The van der Waals surface area contributed by atoms with Crippen molar-refractivity contribution >= 4 is 22.6 Å². The molecular formula is C26H26N6O6. The van der Waals surface area contributed by atoms with Gasteiger partial charge in [-0.25, -0.2) is 0 Å². The van der Waals surface area contributed by atoms with Crippen LogP contribution >= 0.6 is 0 Å². The van der Waals surface area contributed by atoms with Gasteiger partial charge in [0.25, 0.3) is 5.91 Å². The van der Waals surface area contributed by atoms with Crippen molar-refractivity contribution in [1.29, 1.82) is 0 Å². The number of benzene rings is 1. The Bertz CT molecular complexity index is 1470. The number of fused-ring (bicyclic) bond motifs is 1. The molecule has 38 heavy (non-hydrogen) atoms. The summed E-state index contributed by atoms with van der Waals surface area (Å²) in [6.45, 7) is 1.81. The van der Waals surface area contributed by atoms with E-state index in [2.05, 4.69) is 25.6 Å². The third kappa shape index (κ3) is 4.90. The van der Waals surface area contributed by atoms with Gasteiger partial charge in [-0.1, -0.05) is 0 Å². The van der Waals surface area contributed by atoms with Crippen LogP contribution in [-0.2, 0) is 4.74 Å². The quantitative estimate of drug-likeness (QED) is 0.332. The van der Waals surface area contributed by atoms with E-state index < -0.39 is 5.91 Å². The van der Waals surface area contributed by atoms with Gasteiger partial charge in [0.05, 0.1) is 51.8 Å². The molecule has 2 fully saturated rings.